The molecule has 232 valence electrons. The van der Waals surface area contributed by atoms with E-state index >= 15 is 0 Å². The molecule has 2 amide bonds. The summed E-state index contributed by atoms with van der Waals surface area (Å²) in [4.78, 5) is 28.1. The molecule has 0 aliphatic rings. The van der Waals surface area contributed by atoms with Crippen LogP contribution in [-0.4, -0.2) is 43.3 Å². The van der Waals surface area contributed by atoms with Crippen molar-refractivity contribution in [2.75, 3.05) is 10.8 Å². The third-order valence-electron chi connectivity index (χ3n) is 6.34. The zero-order valence-corrected chi connectivity index (χ0v) is 27.3. The molecular weight excluding hydrogens is 671 g/mol. The van der Waals surface area contributed by atoms with Gasteiger partial charge in [-0.3, -0.25) is 13.9 Å². The second-order valence-corrected chi connectivity index (χ2v) is 14.2. The third kappa shape index (κ3) is 8.96. The normalized spacial score (nSPS) is 12.9. The van der Waals surface area contributed by atoms with Gasteiger partial charge in [0.05, 0.1) is 21.2 Å². The van der Waals surface area contributed by atoms with Crippen LogP contribution in [0.5, 0.6) is 0 Å². The molecule has 0 heterocycles. The molecule has 3 rings (SSSR count). The van der Waals surface area contributed by atoms with Crippen molar-refractivity contribution in [2.45, 2.75) is 63.8 Å². The highest BCUT2D eigenvalue weighted by atomic mass is 79.9. The summed E-state index contributed by atoms with van der Waals surface area (Å²) in [7, 11) is -4.56. The Morgan fingerprint density at radius 2 is 1.63 bits per heavy atom. The Kier molecular flexibility index (Phi) is 10.6. The van der Waals surface area contributed by atoms with Gasteiger partial charge in [0.1, 0.15) is 12.6 Å². The molecule has 0 aliphatic carbocycles. The van der Waals surface area contributed by atoms with E-state index in [1.807, 2.05) is 0 Å². The summed E-state index contributed by atoms with van der Waals surface area (Å²) < 4.78 is 70.4. The number of nitrogens with one attached hydrogen (secondary N) is 1. The summed E-state index contributed by atoms with van der Waals surface area (Å²) in [5, 5.41) is 2.19. The molecule has 7 nitrogen and oxygen atoms in total. The smallest absolute Gasteiger partial charge is 0.350 e. The predicted molar refractivity (Wildman–Crippen MR) is 164 cm³/mol. The number of amides is 2. The van der Waals surface area contributed by atoms with E-state index in [2.05, 4.69) is 21.2 Å². The third-order valence-corrected chi connectivity index (χ3v) is 8.95. The standard InChI is InChI=1S/C30H32BrClF3N3O4S/c1-19-9-12-24(13-10-19)43(41,42)38(23-11-14-26(32)25(16-23)30(33,34)35)18-27(39)37(17-21-7-6-8-22(31)15-21)20(2)28(40)36-29(3,4)5/h6-16,20H,17-18H2,1-5H3,(H,36,40)/t20-/m0/s1. The maximum atomic E-state index is 14.0. The first-order chi connectivity index (χ1) is 19.8. The van der Waals surface area contributed by atoms with Crippen LogP contribution in [0.25, 0.3) is 0 Å². The molecule has 0 fully saturated rings. The zero-order valence-electron chi connectivity index (χ0n) is 24.2. The minimum absolute atomic E-state index is 0.0795. The molecule has 3 aromatic carbocycles. The highest BCUT2D eigenvalue weighted by Gasteiger charge is 2.37. The molecule has 43 heavy (non-hydrogen) atoms. The van der Waals surface area contributed by atoms with Crippen molar-refractivity contribution in [2.24, 2.45) is 0 Å². The predicted octanol–water partition coefficient (Wildman–Crippen LogP) is 6.96. The first kappa shape index (κ1) is 34.4. The van der Waals surface area contributed by atoms with E-state index < -0.39 is 62.4 Å². The van der Waals surface area contributed by atoms with Crippen LogP contribution in [0.2, 0.25) is 5.02 Å². The maximum Gasteiger partial charge on any atom is 0.417 e. The molecule has 0 radical (unpaired) electrons. The van der Waals surface area contributed by atoms with Gasteiger partial charge >= 0.3 is 6.18 Å². The molecule has 0 saturated carbocycles. The van der Waals surface area contributed by atoms with Gasteiger partial charge in [0.25, 0.3) is 10.0 Å². The number of halogens is 5. The maximum absolute atomic E-state index is 14.0. The van der Waals surface area contributed by atoms with Crippen molar-refractivity contribution in [3.63, 3.8) is 0 Å². The van der Waals surface area contributed by atoms with Crippen molar-refractivity contribution in [3.8, 4) is 0 Å². The molecule has 0 unspecified atom stereocenters. The molecule has 0 aromatic heterocycles. The number of nitrogens with zero attached hydrogens (tertiary/aromatic N) is 2. The van der Waals surface area contributed by atoms with Crippen LogP contribution in [-0.2, 0) is 32.3 Å². The highest BCUT2D eigenvalue weighted by molar-refractivity contribution is 9.10. The summed E-state index contributed by atoms with van der Waals surface area (Å²) >= 11 is 9.19. The number of aryl methyl sites for hydroxylation is 1. The van der Waals surface area contributed by atoms with Crippen LogP contribution < -0.4 is 9.62 Å². The van der Waals surface area contributed by atoms with Crippen LogP contribution in [0.4, 0.5) is 18.9 Å². The number of benzene rings is 3. The van der Waals surface area contributed by atoms with Crippen molar-refractivity contribution in [3.05, 3.63) is 92.9 Å². The first-order valence-electron chi connectivity index (χ1n) is 13.1. The van der Waals surface area contributed by atoms with E-state index in [-0.39, 0.29) is 11.4 Å². The van der Waals surface area contributed by atoms with Gasteiger partial charge < -0.3 is 10.2 Å². The lowest BCUT2D eigenvalue weighted by molar-refractivity contribution is -0.140. The van der Waals surface area contributed by atoms with E-state index in [9.17, 15) is 31.2 Å². The summed E-state index contributed by atoms with van der Waals surface area (Å²) in [6.45, 7) is 7.59. The zero-order chi connectivity index (χ0) is 32.3. The Morgan fingerprint density at radius 3 is 2.19 bits per heavy atom. The van der Waals surface area contributed by atoms with Crippen LogP contribution in [0.3, 0.4) is 0 Å². The lowest BCUT2D eigenvalue weighted by Gasteiger charge is -2.33. The van der Waals surface area contributed by atoms with Crippen molar-refractivity contribution < 1.29 is 31.2 Å². The summed E-state index contributed by atoms with van der Waals surface area (Å²) in [5.41, 5.74) is -0.913. The lowest BCUT2D eigenvalue weighted by atomic mass is 10.1. The monoisotopic (exact) mass is 701 g/mol. The number of anilines is 1. The molecule has 0 bridgehead atoms. The number of sulfonamides is 1. The van der Waals surface area contributed by atoms with Crippen molar-refractivity contribution in [1.82, 2.24) is 10.2 Å². The molecule has 3 aromatic rings. The molecule has 1 atom stereocenters. The number of hydrogen-bond donors (Lipinski definition) is 1. The van der Waals surface area contributed by atoms with Crippen LogP contribution in [0.1, 0.15) is 44.4 Å². The van der Waals surface area contributed by atoms with Crippen LogP contribution in [0, 0.1) is 6.92 Å². The van der Waals surface area contributed by atoms with Gasteiger partial charge in [-0.25, -0.2) is 8.42 Å². The second kappa shape index (κ2) is 13.3. The fourth-order valence-corrected chi connectivity index (χ4v) is 6.22. The Hall–Kier alpha value is -3.09. The number of carbonyl (C=O) groups is 2. The molecule has 0 saturated heterocycles. The summed E-state index contributed by atoms with van der Waals surface area (Å²) in [6.07, 6.45) is -4.89. The van der Waals surface area contributed by atoms with Gasteiger partial charge in [-0.2, -0.15) is 13.2 Å². The second-order valence-electron chi connectivity index (χ2n) is 11.1. The van der Waals surface area contributed by atoms with Gasteiger partial charge in [-0.1, -0.05) is 57.4 Å². The minimum atomic E-state index is -4.89. The minimum Gasteiger partial charge on any atom is -0.350 e. The quantitative estimate of drug-likeness (QED) is 0.262. The van der Waals surface area contributed by atoms with Gasteiger partial charge in [-0.15, -0.1) is 0 Å². The average Bonchev–Trinajstić information content (AvgIpc) is 2.89. The highest BCUT2D eigenvalue weighted by Crippen LogP contribution is 2.38. The van der Waals surface area contributed by atoms with E-state index in [0.717, 1.165) is 17.7 Å². The van der Waals surface area contributed by atoms with Crippen LogP contribution in [0.15, 0.2) is 76.1 Å². The Labute approximate surface area is 263 Å². The molecule has 0 spiro atoms. The fourth-order valence-electron chi connectivity index (χ4n) is 4.14. The van der Waals surface area contributed by atoms with Gasteiger partial charge in [0, 0.05) is 16.6 Å². The molecule has 0 aliphatic heterocycles. The van der Waals surface area contributed by atoms with Crippen LogP contribution >= 0.6 is 27.5 Å². The van der Waals surface area contributed by atoms with Gasteiger partial charge in [0.15, 0.2) is 0 Å². The van der Waals surface area contributed by atoms with Crippen molar-refractivity contribution in [1.29, 1.82) is 0 Å². The van der Waals surface area contributed by atoms with Crippen molar-refractivity contribution >= 4 is 55.1 Å². The first-order valence-corrected chi connectivity index (χ1v) is 15.7. The number of carbonyl (C=O) groups excluding carboxylic acids is 2. The number of hydrogen-bond acceptors (Lipinski definition) is 4. The van der Waals surface area contributed by atoms with E-state index in [0.29, 0.717) is 20.4 Å². The molecule has 13 heteroatoms. The topological polar surface area (TPSA) is 86.8 Å². The summed E-state index contributed by atoms with van der Waals surface area (Å²) in [6, 6.07) is 14.2. The number of alkyl halides is 3. The largest absolute Gasteiger partial charge is 0.417 e. The number of rotatable bonds is 9. The molecular formula is C30H32BrClF3N3O4S. The Balaban J connectivity index is 2.13. The summed E-state index contributed by atoms with van der Waals surface area (Å²) in [5.74, 6) is -1.30. The lowest BCUT2D eigenvalue weighted by Crippen LogP contribution is -2.54. The fraction of sp³-hybridized carbons (Fsp3) is 0.333. The Morgan fingerprint density at radius 1 is 1.00 bits per heavy atom. The van der Waals surface area contributed by atoms with E-state index in [1.165, 1.54) is 36.1 Å². The van der Waals surface area contributed by atoms with E-state index in [4.69, 9.17) is 11.6 Å². The Bertz CT molecular complexity index is 1590. The average molecular weight is 703 g/mol. The molecule has 1 N–H and O–H groups in total. The van der Waals surface area contributed by atoms with Gasteiger partial charge in [0.2, 0.25) is 11.8 Å². The van der Waals surface area contributed by atoms with Gasteiger partial charge in [-0.05, 0) is 82.6 Å². The van der Waals surface area contributed by atoms with E-state index in [1.54, 1.807) is 52.0 Å². The SMILES string of the molecule is Cc1ccc(S(=O)(=O)N(CC(=O)N(Cc2cccc(Br)c2)[C@@H](C)C(=O)NC(C)(C)C)c2ccc(Cl)c(C(F)(F)F)c2)cc1.